The molecule has 4 nitrogen and oxygen atoms in total. The van der Waals surface area contributed by atoms with Crippen LogP contribution in [0.3, 0.4) is 0 Å². The number of hydrogen-bond donors (Lipinski definition) is 1. The summed E-state index contributed by atoms with van der Waals surface area (Å²) in [7, 11) is 0. The van der Waals surface area contributed by atoms with Gasteiger partial charge in [0.1, 0.15) is 0 Å². The molecule has 1 aromatic carbocycles. The van der Waals surface area contributed by atoms with E-state index in [1.54, 1.807) is 24.3 Å². The van der Waals surface area contributed by atoms with Crippen LogP contribution in [-0.2, 0) is 4.74 Å². The van der Waals surface area contributed by atoms with Crippen molar-refractivity contribution >= 4 is 17.4 Å². The van der Waals surface area contributed by atoms with Gasteiger partial charge in [-0.2, -0.15) is 0 Å². The molecule has 0 amide bonds. The number of nitrogens with zero attached hydrogens (tertiary/aromatic N) is 1. The second kappa shape index (κ2) is 7.01. The van der Waals surface area contributed by atoms with Gasteiger partial charge in [0.2, 0.25) is 0 Å². The van der Waals surface area contributed by atoms with Crippen molar-refractivity contribution in [3.8, 4) is 0 Å². The van der Waals surface area contributed by atoms with E-state index in [9.17, 15) is 9.90 Å². The number of carbonyl (C=O) groups excluding carboxylic acids is 1. The van der Waals surface area contributed by atoms with Crippen molar-refractivity contribution in [2.45, 2.75) is 12.5 Å². The van der Waals surface area contributed by atoms with Crippen molar-refractivity contribution in [2.75, 3.05) is 32.9 Å². The molecule has 1 N–H and O–H groups in total. The molecule has 0 bridgehead atoms. The number of ether oxygens (including phenoxy) is 1. The molecule has 5 heteroatoms. The first kappa shape index (κ1) is 14.5. The van der Waals surface area contributed by atoms with Crippen molar-refractivity contribution < 1.29 is 14.6 Å². The fourth-order valence-electron chi connectivity index (χ4n) is 2.20. The molecule has 0 aromatic heterocycles. The van der Waals surface area contributed by atoms with Gasteiger partial charge in [0, 0.05) is 30.1 Å². The van der Waals surface area contributed by atoms with Crippen LogP contribution in [0.15, 0.2) is 24.3 Å². The lowest BCUT2D eigenvalue weighted by atomic mass is 10.1. The minimum absolute atomic E-state index is 0.000844. The molecule has 1 heterocycles. The van der Waals surface area contributed by atoms with Crippen molar-refractivity contribution in [1.29, 1.82) is 0 Å². The number of morpholine rings is 1. The molecule has 0 aliphatic carbocycles. The maximum Gasteiger partial charge on any atom is 0.164 e. The van der Waals surface area contributed by atoms with E-state index in [1.807, 2.05) is 0 Å². The number of carbonyl (C=O) groups is 1. The summed E-state index contributed by atoms with van der Waals surface area (Å²) in [5.74, 6) is 0.0747. The molecular weight excluding hydrogens is 266 g/mol. The lowest BCUT2D eigenvalue weighted by Crippen LogP contribution is -2.48. The van der Waals surface area contributed by atoms with Gasteiger partial charge in [-0.15, -0.1) is 0 Å². The number of rotatable bonds is 5. The fourth-order valence-corrected chi connectivity index (χ4v) is 2.39. The van der Waals surface area contributed by atoms with Crippen molar-refractivity contribution in [1.82, 2.24) is 4.90 Å². The molecule has 1 atom stereocenters. The van der Waals surface area contributed by atoms with Crippen LogP contribution >= 0.6 is 11.6 Å². The van der Waals surface area contributed by atoms with Crippen LogP contribution < -0.4 is 0 Å². The van der Waals surface area contributed by atoms with Gasteiger partial charge >= 0.3 is 0 Å². The highest BCUT2D eigenvalue weighted by Gasteiger charge is 2.22. The minimum Gasteiger partial charge on any atom is -0.395 e. The normalized spacial score (nSPS) is 20.4. The Morgan fingerprint density at radius 3 is 3.11 bits per heavy atom. The zero-order chi connectivity index (χ0) is 13.7. The van der Waals surface area contributed by atoms with E-state index in [0.29, 0.717) is 36.8 Å². The van der Waals surface area contributed by atoms with E-state index in [0.717, 1.165) is 6.54 Å². The van der Waals surface area contributed by atoms with Gasteiger partial charge in [-0.05, 0) is 12.1 Å². The Kier molecular flexibility index (Phi) is 5.34. The molecule has 0 spiro atoms. The Morgan fingerprint density at radius 1 is 1.53 bits per heavy atom. The molecule has 1 unspecified atom stereocenters. The quantitative estimate of drug-likeness (QED) is 0.834. The van der Waals surface area contributed by atoms with Crippen LogP contribution in [0.1, 0.15) is 16.8 Å². The second-order valence-corrected chi connectivity index (χ2v) is 5.07. The van der Waals surface area contributed by atoms with E-state index in [4.69, 9.17) is 16.3 Å². The maximum atomic E-state index is 12.1. The van der Waals surface area contributed by atoms with E-state index in [1.165, 1.54) is 0 Å². The van der Waals surface area contributed by atoms with E-state index >= 15 is 0 Å². The SMILES string of the molecule is O=C(CCN1CCOCC1CO)c1cccc(Cl)c1. The van der Waals surface area contributed by atoms with Crippen molar-refractivity contribution in [3.63, 3.8) is 0 Å². The first-order valence-corrected chi connectivity index (χ1v) is 6.80. The molecule has 0 saturated carbocycles. The Hall–Kier alpha value is -0.940. The molecule has 104 valence electrons. The van der Waals surface area contributed by atoms with Gasteiger partial charge in [0.05, 0.1) is 25.9 Å². The third-order valence-corrected chi connectivity index (χ3v) is 3.57. The average Bonchev–Trinajstić information content (AvgIpc) is 2.45. The van der Waals surface area contributed by atoms with Gasteiger partial charge in [0.25, 0.3) is 0 Å². The first-order chi connectivity index (χ1) is 9.20. The van der Waals surface area contributed by atoms with Crippen molar-refractivity contribution in [2.24, 2.45) is 0 Å². The molecule has 0 radical (unpaired) electrons. The lowest BCUT2D eigenvalue weighted by molar-refractivity contribution is -0.0270. The maximum absolute atomic E-state index is 12.1. The number of hydrogen-bond acceptors (Lipinski definition) is 4. The predicted octanol–water partition coefficient (Wildman–Crippen LogP) is 1.61. The van der Waals surface area contributed by atoms with Crippen LogP contribution in [-0.4, -0.2) is 54.7 Å². The number of Topliss-reactive ketones (excluding diaryl/α,β-unsaturated/α-hetero) is 1. The van der Waals surface area contributed by atoms with E-state index in [-0.39, 0.29) is 18.4 Å². The summed E-state index contributed by atoms with van der Waals surface area (Å²) in [5, 5.41) is 9.83. The number of ketones is 1. The zero-order valence-corrected chi connectivity index (χ0v) is 11.5. The molecular formula is C14H18ClNO3. The Labute approximate surface area is 117 Å². The molecule has 1 saturated heterocycles. The third kappa shape index (κ3) is 4.01. The van der Waals surface area contributed by atoms with E-state index in [2.05, 4.69) is 4.90 Å². The highest BCUT2D eigenvalue weighted by atomic mass is 35.5. The average molecular weight is 284 g/mol. The Balaban J connectivity index is 1.89. The molecule has 1 fully saturated rings. The second-order valence-electron chi connectivity index (χ2n) is 4.63. The predicted molar refractivity (Wildman–Crippen MR) is 73.7 cm³/mol. The highest BCUT2D eigenvalue weighted by Crippen LogP contribution is 2.14. The molecule has 1 aromatic rings. The number of aliphatic hydroxyl groups is 1. The lowest BCUT2D eigenvalue weighted by Gasteiger charge is -2.34. The first-order valence-electron chi connectivity index (χ1n) is 6.42. The van der Waals surface area contributed by atoms with Crippen LogP contribution in [0.25, 0.3) is 0 Å². The van der Waals surface area contributed by atoms with Gasteiger partial charge in [-0.25, -0.2) is 0 Å². The Bertz CT molecular complexity index is 438. The number of benzene rings is 1. The van der Waals surface area contributed by atoms with Gasteiger partial charge in [-0.1, -0.05) is 23.7 Å². The standard InChI is InChI=1S/C14H18ClNO3/c15-12-3-1-2-11(8-12)14(18)4-5-16-6-7-19-10-13(16)9-17/h1-3,8,13,17H,4-7,9-10H2. The van der Waals surface area contributed by atoms with Crippen LogP contribution in [0.2, 0.25) is 5.02 Å². The summed E-state index contributed by atoms with van der Waals surface area (Å²) in [6.07, 6.45) is 0.427. The van der Waals surface area contributed by atoms with Gasteiger partial charge < -0.3 is 9.84 Å². The minimum atomic E-state index is 0.000844. The highest BCUT2D eigenvalue weighted by molar-refractivity contribution is 6.31. The third-order valence-electron chi connectivity index (χ3n) is 3.33. The fraction of sp³-hybridized carbons (Fsp3) is 0.500. The Morgan fingerprint density at radius 2 is 2.37 bits per heavy atom. The summed E-state index contributed by atoms with van der Waals surface area (Å²) in [6.45, 7) is 2.64. The summed E-state index contributed by atoms with van der Waals surface area (Å²) >= 11 is 5.87. The van der Waals surface area contributed by atoms with Gasteiger partial charge in [-0.3, -0.25) is 9.69 Å². The molecule has 2 rings (SSSR count). The topological polar surface area (TPSA) is 49.8 Å². The summed E-state index contributed by atoms with van der Waals surface area (Å²) in [6, 6.07) is 6.99. The summed E-state index contributed by atoms with van der Waals surface area (Å²) in [4.78, 5) is 14.2. The van der Waals surface area contributed by atoms with Crippen LogP contribution in [0.5, 0.6) is 0 Å². The van der Waals surface area contributed by atoms with Crippen molar-refractivity contribution in [3.05, 3.63) is 34.9 Å². The monoisotopic (exact) mass is 283 g/mol. The van der Waals surface area contributed by atoms with Gasteiger partial charge in [0.15, 0.2) is 5.78 Å². The molecule has 19 heavy (non-hydrogen) atoms. The largest absolute Gasteiger partial charge is 0.395 e. The van der Waals surface area contributed by atoms with E-state index < -0.39 is 0 Å². The summed E-state index contributed by atoms with van der Waals surface area (Å²) in [5.41, 5.74) is 0.640. The number of aliphatic hydroxyl groups excluding tert-OH is 1. The van der Waals surface area contributed by atoms with Crippen LogP contribution in [0, 0.1) is 0 Å². The molecule has 1 aliphatic rings. The number of halogens is 1. The molecule has 1 aliphatic heterocycles. The summed E-state index contributed by atoms with van der Waals surface area (Å²) < 4.78 is 5.31. The zero-order valence-electron chi connectivity index (χ0n) is 10.7. The van der Waals surface area contributed by atoms with Crippen LogP contribution in [0.4, 0.5) is 0 Å². The smallest absolute Gasteiger partial charge is 0.164 e.